The van der Waals surface area contributed by atoms with E-state index in [4.69, 9.17) is 4.74 Å². The van der Waals surface area contributed by atoms with E-state index >= 15 is 0 Å². The second-order valence-corrected chi connectivity index (χ2v) is 9.29. The molecule has 0 spiro atoms. The summed E-state index contributed by atoms with van der Waals surface area (Å²) < 4.78 is 6.29. The summed E-state index contributed by atoms with van der Waals surface area (Å²) in [5.74, 6) is 2.21. The third-order valence-corrected chi connectivity index (χ3v) is 8.44. The van der Waals surface area contributed by atoms with E-state index in [0.29, 0.717) is 17.4 Å². The fourth-order valence-corrected chi connectivity index (χ4v) is 7.22. The smallest absolute Gasteiger partial charge is 0.110 e. The lowest BCUT2D eigenvalue weighted by Gasteiger charge is -2.70. The van der Waals surface area contributed by atoms with Gasteiger partial charge in [-0.05, 0) is 50.2 Å². The van der Waals surface area contributed by atoms with Crippen LogP contribution in [0.5, 0.6) is 0 Å². The number of rotatable bonds is 3. The van der Waals surface area contributed by atoms with Crippen LogP contribution in [0, 0.1) is 29.1 Å². The molecule has 2 heterocycles. The highest BCUT2D eigenvalue weighted by Gasteiger charge is 2.64. The highest BCUT2D eigenvalue weighted by Crippen LogP contribution is 2.63. The summed E-state index contributed by atoms with van der Waals surface area (Å²) in [4.78, 5) is 4.94. The number of hydrogen-bond donors (Lipinski definition) is 0. The van der Waals surface area contributed by atoms with Gasteiger partial charge in [-0.3, -0.25) is 4.90 Å². The molecule has 5 fully saturated rings. The van der Waals surface area contributed by atoms with Gasteiger partial charge in [-0.25, -0.2) is 0 Å². The lowest BCUT2D eigenvalue weighted by molar-refractivity contribution is -0.225. The Kier molecular flexibility index (Phi) is 3.03. The maximum atomic E-state index is 9.21. The van der Waals surface area contributed by atoms with Crippen molar-refractivity contribution in [3.05, 3.63) is 21.9 Å². The van der Waals surface area contributed by atoms with Crippen LogP contribution in [-0.2, 0) is 10.3 Å². The number of likely N-dealkylation sites (tertiary alicyclic amines) is 1. The zero-order valence-corrected chi connectivity index (χ0v) is 14.6. The van der Waals surface area contributed by atoms with Gasteiger partial charge in [-0.1, -0.05) is 6.42 Å². The van der Waals surface area contributed by atoms with Crippen molar-refractivity contribution in [2.45, 2.75) is 49.7 Å². The quantitative estimate of drug-likeness (QED) is 0.848. The van der Waals surface area contributed by atoms with Gasteiger partial charge in [0.15, 0.2) is 0 Å². The molecule has 3 nitrogen and oxygen atoms in total. The van der Waals surface area contributed by atoms with E-state index < -0.39 is 0 Å². The van der Waals surface area contributed by atoms with Crippen LogP contribution in [0.4, 0.5) is 0 Å². The predicted molar refractivity (Wildman–Crippen MR) is 90.2 cm³/mol. The minimum atomic E-state index is -0.141. The molecule has 5 aliphatic rings. The molecule has 4 heteroatoms. The fourth-order valence-electron chi connectivity index (χ4n) is 6.08. The normalized spacial score (nSPS) is 45.0. The van der Waals surface area contributed by atoms with Crippen molar-refractivity contribution in [1.29, 1.82) is 5.26 Å². The van der Waals surface area contributed by atoms with Crippen molar-refractivity contribution >= 4 is 11.3 Å². The predicted octanol–water partition coefficient (Wildman–Crippen LogP) is 3.75. The summed E-state index contributed by atoms with van der Waals surface area (Å²) in [7, 11) is 1.90. The van der Waals surface area contributed by atoms with E-state index in [1.165, 1.54) is 56.5 Å². The van der Waals surface area contributed by atoms with Crippen LogP contribution >= 0.6 is 11.3 Å². The molecule has 0 radical (unpaired) electrons. The SMILES string of the molecule is CO[C@]1(c2ccc(C#N)s2)[C@@H]2CCC[C@H]1CN(C13CC(C1)C3)C2. The molecule has 4 bridgehead atoms. The second kappa shape index (κ2) is 4.81. The van der Waals surface area contributed by atoms with E-state index in [1.54, 1.807) is 11.3 Å². The Labute approximate surface area is 142 Å². The molecule has 0 N–H and O–H groups in total. The molecular formula is C19H24N2OS. The number of thiophene rings is 1. The van der Waals surface area contributed by atoms with Gasteiger partial charge < -0.3 is 4.74 Å². The zero-order chi connectivity index (χ0) is 15.7. The van der Waals surface area contributed by atoms with Crippen LogP contribution in [0.1, 0.15) is 48.3 Å². The topological polar surface area (TPSA) is 36.3 Å². The molecule has 4 saturated carbocycles. The summed E-state index contributed by atoms with van der Waals surface area (Å²) in [5, 5.41) is 9.21. The lowest BCUT2D eigenvalue weighted by atomic mass is 9.48. The average Bonchev–Trinajstić information content (AvgIpc) is 2.92. The molecule has 0 amide bonds. The minimum absolute atomic E-state index is 0.141. The first-order valence-electron chi connectivity index (χ1n) is 9.01. The molecule has 3 atom stereocenters. The highest BCUT2D eigenvalue weighted by molar-refractivity contribution is 7.12. The van der Waals surface area contributed by atoms with Crippen molar-refractivity contribution in [2.24, 2.45) is 17.8 Å². The monoisotopic (exact) mass is 328 g/mol. The van der Waals surface area contributed by atoms with E-state index in [-0.39, 0.29) is 5.60 Å². The van der Waals surface area contributed by atoms with Crippen LogP contribution in [0.25, 0.3) is 0 Å². The number of nitriles is 1. The van der Waals surface area contributed by atoms with E-state index in [0.717, 1.165) is 10.8 Å². The first-order chi connectivity index (χ1) is 11.2. The Bertz CT molecular complexity index is 644. The Balaban J connectivity index is 1.50. The molecule has 1 aliphatic heterocycles. The molecule has 122 valence electrons. The van der Waals surface area contributed by atoms with Crippen molar-refractivity contribution < 1.29 is 4.74 Å². The molecule has 0 aromatic carbocycles. The molecule has 4 aliphatic carbocycles. The third kappa shape index (κ3) is 1.76. The number of methoxy groups -OCH3 is 1. The molecule has 23 heavy (non-hydrogen) atoms. The summed E-state index contributed by atoms with van der Waals surface area (Å²) in [6.07, 6.45) is 8.21. The Morgan fingerprint density at radius 2 is 1.91 bits per heavy atom. The molecule has 1 saturated heterocycles. The van der Waals surface area contributed by atoms with E-state index in [2.05, 4.69) is 17.0 Å². The van der Waals surface area contributed by atoms with Gasteiger partial charge >= 0.3 is 0 Å². The van der Waals surface area contributed by atoms with Gasteiger partial charge in [0.25, 0.3) is 0 Å². The summed E-state index contributed by atoms with van der Waals surface area (Å²) in [6.45, 7) is 2.38. The summed E-state index contributed by atoms with van der Waals surface area (Å²) in [5.41, 5.74) is 0.434. The van der Waals surface area contributed by atoms with Gasteiger partial charge in [-0.15, -0.1) is 11.3 Å². The van der Waals surface area contributed by atoms with Gasteiger partial charge in [0.05, 0.1) is 0 Å². The van der Waals surface area contributed by atoms with Crippen LogP contribution in [0.15, 0.2) is 12.1 Å². The van der Waals surface area contributed by atoms with E-state index in [9.17, 15) is 5.26 Å². The summed E-state index contributed by atoms with van der Waals surface area (Å²) in [6, 6.07) is 6.44. The van der Waals surface area contributed by atoms with Crippen LogP contribution in [0.2, 0.25) is 0 Å². The van der Waals surface area contributed by atoms with Gasteiger partial charge in [0.2, 0.25) is 0 Å². The van der Waals surface area contributed by atoms with Gasteiger partial charge in [-0.2, -0.15) is 5.26 Å². The molecule has 1 aromatic rings. The van der Waals surface area contributed by atoms with Gasteiger partial charge in [0.1, 0.15) is 16.5 Å². The average molecular weight is 328 g/mol. The third-order valence-electron chi connectivity index (χ3n) is 7.32. The minimum Gasteiger partial charge on any atom is -0.372 e. The first kappa shape index (κ1) is 14.5. The van der Waals surface area contributed by atoms with Crippen LogP contribution in [-0.4, -0.2) is 30.6 Å². The number of nitrogens with zero attached hydrogens (tertiary/aromatic N) is 2. The van der Waals surface area contributed by atoms with E-state index in [1.807, 2.05) is 13.2 Å². The highest BCUT2D eigenvalue weighted by atomic mass is 32.1. The first-order valence-corrected chi connectivity index (χ1v) is 9.82. The number of piperidine rings is 1. The van der Waals surface area contributed by atoms with Gasteiger partial charge in [0, 0.05) is 42.5 Å². The van der Waals surface area contributed by atoms with Crippen molar-refractivity contribution in [1.82, 2.24) is 4.90 Å². The summed E-state index contributed by atoms with van der Waals surface area (Å²) >= 11 is 1.65. The Hall–Kier alpha value is -0.890. The van der Waals surface area contributed by atoms with Crippen molar-refractivity contribution in [3.8, 4) is 6.07 Å². The number of hydrogen-bond acceptors (Lipinski definition) is 4. The molecule has 1 aromatic heterocycles. The fraction of sp³-hybridized carbons (Fsp3) is 0.737. The van der Waals surface area contributed by atoms with Crippen molar-refractivity contribution in [3.63, 3.8) is 0 Å². The van der Waals surface area contributed by atoms with Crippen LogP contribution < -0.4 is 0 Å². The number of ether oxygens (including phenoxy) is 1. The number of fused-ring (bicyclic) bond motifs is 2. The standard InChI is InChI=1S/C19H24N2OS/c1-22-19(17-6-5-16(10-20)23-17)14-3-2-4-15(19)12-21(11-14)18-7-13(8-18)9-18/h5-6,13-15H,2-4,7-9,11-12H2,1H3/t13?,14-,15+,18?,19-. The van der Waals surface area contributed by atoms with Crippen molar-refractivity contribution in [2.75, 3.05) is 20.2 Å². The molecule has 6 rings (SSSR count). The van der Waals surface area contributed by atoms with Crippen LogP contribution in [0.3, 0.4) is 0 Å². The maximum absolute atomic E-state index is 9.21. The maximum Gasteiger partial charge on any atom is 0.110 e. The largest absolute Gasteiger partial charge is 0.372 e. The molecule has 0 unspecified atom stereocenters. The Morgan fingerprint density at radius 3 is 2.39 bits per heavy atom. The second-order valence-electron chi connectivity index (χ2n) is 8.21. The lowest BCUT2D eigenvalue weighted by Crippen LogP contribution is -2.73. The Morgan fingerprint density at radius 1 is 1.22 bits per heavy atom. The zero-order valence-electron chi connectivity index (χ0n) is 13.8. The molecular weight excluding hydrogens is 304 g/mol.